The molecule has 4 rings (SSSR count). The number of nitrogens with zero attached hydrogens (tertiary/aromatic N) is 6. The Kier molecular flexibility index (Phi) is 4.60. The molecule has 1 saturated heterocycles. The van der Waals surface area contributed by atoms with E-state index >= 15 is 0 Å². The van der Waals surface area contributed by atoms with Crippen LogP contribution in [0.15, 0.2) is 35.1 Å². The summed E-state index contributed by atoms with van der Waals surface area (Å²) in [5.41, 5.74) is 4.41. The molecule has 1 aliphatic heterocycles. The highest BCUT2D eigenvalue weighted by atomic mass is 19.4. The maximum Gasteiger partial charge on any atom is 0.433 e. The summed E-state index contributed by atoms with van der Waals surface area (Å²) in [4.78, 5) is 28.7. The average molecular weight is 405 g/mol. The number of rotatable bonds is 4. The molecule has 0 aromatic carbocycles. The molecule has 0 aliphatic carbocycles. The highest BCUT2D eigenvalue weighted by molar-refractivity contribution is 5.88. The minimum Gasteiger partial charge on any atom is -0.363 e. The van der Waals surface area contributed by atoms with E-state index in [9.17, 15) is 18.0 Å². The van der Waals surface area contributed by atoms with Gasteiger partial charge in [0.05, 0.1) is 0 Å². The lowest BCUT2D eigenvalue weighted by Gasteiger charge is -2.24. The van der Waals surface area contributed by atoms with Crippen molar-refractivity contribution in [2.24, 2.45) is 5.73 Å². The molecule has 1 unspecified atom stereocenters. The van der Waals surface area contributed by atoms with E-state index in [4.69, 9.17) is 10.3 Å². The van der Waals surface area contributed by atoms with Gasteiger partial charge < -0.3 is 15.2 Å². The number of carbonyl (C=O) groups excluding carboxylic acids is 1. The molecule has 1 fully saturated rings. The van der Waals surface area contributed by atoms with Crippen LogP contribution in [0.1, 0.15) is 41.1 Å². The molecule has 2 N–H and O–H groups in total. The molecule has 3 aromatic heterocycles. The van der Waals surface area contributed by atoms with Gasteiger partial charge in [-0.05, 0) is 25.0 Å². The summed E-state index contributed by atoms with van der Waals surface area (Å²) < 4.78 is 45.4. The van der Waals surface area contributed by atoms with Crippen molar-refractivity contribution in [1.29, 1.82) is 0 Å². The van der Waals surface area contributed by atoms with Crippen LogP contribution in [0.25, 0.3) is 11.4 Å². The van der Waals surface area contributed by atoms with Crippen LogP contribution in [0.3, 0.4) is 0 Å². The van der Waals surface area contributed by atoms with Gasteiger partial charge in [-0.15, -0.1) is 0 Å². The zero-order valence-electron chi connectivity index (χ0n) is 14.8. The maximum absolute atomic E-state index is 13.4. The first-order valence-corrected chi connectivity index (χ1v) is 8.59. The summed E-state index contributed by atoms with van der Waals surface area (Å²) in [7, 11) is 0. The van der Waals surface area contributed by atoms with Gasteiger partial charge in [0.1, 0.15) is 11.9 Å². The second-order valence-corrected chi connectivity index (χ2v) is 6.35. The van der Waals surface area contributed by atoms with Crippen LogP contribution < -0.4 is 10.6 Å². The van der Waals surface area contributed by atoms with Crippen molar-refractivity contribution in [1.82, 2.24) is 25.1 Å². The molecule has 3 aromatic rings. The largest absolute Gasteiger partial charge is 0.433 e. The average Bonchev–Trinajstić information content (AvgIpc) is 3.37. The fourth-order valence-electron chi connectivity index (χ4n) is 3.12. The van der Waals surface area contributed by atoms with Crippen LogP contribution >= 0.6 is 0 Å². The second-order valence-electron chi connectivity index (χ2n) is 6.35. The number of hydrogen-bond acceptors (Lipinski definition) is 8. The third-order valence-electron chi connectivity index (χ3n) is 4.42. The third-order valence-corrected chi connectivity index (χ3v) is 4.42. The van der Waals surface area contributed by atoms with Crippen LogP contribution in [0.4, 0.5) is 19.0 Å². The number of carbonyl (C=O) groups is 1. The highest BCUT2D eigenvalue weighted by Crippen LogP contribution is 2.37. The number of halogens is 3. The molecule has 0 saturated carbocycles. The molecule has 0 radical (unpaired) electrons. The summed E-state index contributed by atoms with van der Waals surface area (Å²) in [5, 5.41) is 3.50. The maximum atomic E-state index is 13.4. The Labute approximate surface area is 161 Å². The predicted octanol–water partition coefficient (Wildman–Crippen LogP) is 2.38. The Bertz CT molecular complexity index is 1040. The van der Waals surface area contributed by atoms with Crippen molar-refractivity contribution in [2.75, 3.05) is 11.4 Å². The SMILES string of the molecule is NC(=O)c1noc(C2CCCN2c2cc(C(F)(F)F)nc(-c3cccnc3)n2)n1. The number of amides is 1. The Hall–Kier alpha value is -3.57. The smallest absolute Gasteiger partial charge is 0.363 e. The molecule has 0 bridgehead atoms. The lowest BCUT2D eigenvalue weighted by atomic mass is 10.2. The molecular weight excluding hydrogens is 391 g/mol. The van der Waals surface area contributed by atoms with Gasteiger partial charge in [0.15, 0.2) is 11.5 Å². The summed E-state index contributed by atoms with van der Waals surface area (Å²) in [5.74, 6) is -1.10. The van der Waals surface area contributed by atoms with E-state index in [2.05, 4.69) is 25.1 Å². The van der Waals surface area contributed by atoms with E-state index in [1.165, 1.54) is 12.4 Å². The highest BCUT2D eigenvalue weighted by Gasteiger charge is 2.37. The van der Waals surface area contributed by atoms with E-state index in [1.54, 1.807) is 17.0 Å². The van der Waals surface area contributed by atoms with Crippen molar-refractivity contribution in [3.63, 3.8) is 0 Å². The van der Waals surface area contributed by atoms with Crippen molar-refractivity contribution in [3.8, 4) is 11.4 Å². The number of nitrogens with two attached hydrogens (primary N) is 1. The van der Waals surface area contributed by atoms with Crippen molar-refractivity contribution < 1.29 is 22.5 Å². The van der Waals surface area contributed by atoms with Gasteiger partial charge in [-0.2, -0.15) is 18.2 Å². The van der Waals surface area contributed by atoms with Crippen LogP contribution in [-0.2, 0) is 6.18 Å². The molecule has 12 heteroatoms. The summed E-state index contributed by atoms with van der Waals surface area (Å²) in [6.07, 6.45) is -0.577. The fourth-order valence-corrected chi connectivity index (χ4v) is 3.12. The summed E-state index contributed by atoms with van der Waals surface area (Å²) in [6, 6.07) is 3.50. The van der Waals surface area contributed by atoms with Crippen LogP contribution in [-0.4, -0.2) is 37.5 Å². The Morgan fingerprint density at radius 3 is 2.76 bits per heavy atom. The van der Waals surface area contributed by atoms with Crippen molar-refractivity contribution >= 4 is 11.7 Å². The van der Waals surface area contributed by atoms with Crippen molar-refractivity contribution in [3.05, 3.63) is 48.0 Å². The first-order valence-electron chi connectivity index (χ1n) is 8.59. The fraction of sp³-hybridized carbons (Fsp3) is 0.294. The molecule has 0 spiro atoms. The minimum absolute atomic E-state index is 0.0625. The number of anilines is 1. The molecule has 9 nitrogen and oxygen atoms in total. The minimum atomic E-state index is -4.66. The van der Waals surface area contributed by atoms with E-state index in [0.717, 1.165) is 6.07 Å². The van der Waals surface area contributed by atoms with Crippen LogP contribution in [0.5, 0.6) is 0 Å². The normalized spacial score (nSPS) is 16.9. The lowest BCUT2D eigenvalue weighted by molar-refractivity contribution is -0.141. The van der Waals surface area contributed by atoms with E-state index in [0.29, 0.717) is 24.9 Å². The van der Waals surface area contributed by atoms with Gasteiger partial charge in [0.2, 0.25) is 5.89 Å². The molecule has 1 aliphatic rings. The summed E-state index contributed by atoms with van der Waals surface area (Å²) in [6.45, 7) is 0.416. The quantitative estimate of drug-likeness (QED) is 0.702. The third kappa shape index (κ3) is 3.73. The molecule has 1 atom stereocenters. The molecule has 29 heavy (non-hydrogen) atoms. The van der Waals surface area contributed by atoms with Gasteiger partial charge in [0.25, 0.3) is 11.7 Å². The van der Waals surface area contributed by atoms with Gasteiger partial charge in [-0.1, -0.05) is 5.16 Å². The number of hydrogen-bond donors (Lipinski definition) is 1. The van der Waals surface area contributed by atoms with Crippen molar-refractivity contribution in [2.45, 2.75) is 25.1 Å². The van der Waals surface area contributed by atoms with Gasteiger partial charge >= 0.3 is 6.18 Å². The number of aromatic nitrogens is 5. The zero-order valence-corrected chi connectivity index (χ0v) is 14.8. The number of alkyl halides is 3. The first-order chi connectivity index (χ1) is 13.8. The number of pyridine rings is 1. The first kappa shape index (κ1) is 18.8. The molecule has 4 heterocycles. The zero-order chi connectivity index (χ0) is 20.6. The Morgan fingerprint density at radius 2 is 2.10 bits per heavy atom. The van der Waals surface area contributed by atoms with Crippen LogP contribution in [0, 0.1) is 0 Å². The van der Waals surface area contributed by atoms with Gasteiger partial charge in [0, 0.05) is 30.6 Å². The standard InChI is InChI=1S/C17H14F3N7O2/c18-17(19,20)11-7-12(24-14(23-11)9-3-1-5-22-8-9)27-6-2-4-10(27)16-25-15(13(21)28)26-29-16/h1,3,5,7-8,10H,2,4,6H2,(H2,21,28). The lowest BCUT2D eigenvalue weighted by Crippen LogP contribution is -2.25. The van der Waals surface area contributed by atoms with E-state index in [-0.39, 0.29) is 23.4 Å². The number of primary amides is 1. The topological polar surface area (TPSA) is 124 Å². The van der Waals surface area contributed by atoms with E-state index < -0.39 is 23.8 Å². The second kappa shape index (κ2) is 7.11. The monoisotopic (exact) mass is 405 g/mol. The Balaban J connectivity index is 1.77. The van der Waals surface area contributed by atoms with Crippen LogP contribution in [0.2, 0.25) is 0 Å². The van der Waals surface area contributed by atoms with Gasteiger partial charge in [-0.25, -0.2) is 9.97 Å². The molecule has 150 valence electrons. The Morgan fingerprint density at radius 1 is 1.28 bits per heavy atom. The molecular formula is C17H14F3N7O2. The van der Waals surface area contributed by atoms with Gasteiger partial charge in [-0.3, -0.25) is 9.78 Å². The summed E-state index contributed by atoms with van der Waals surface area (Å²) >= 11 is 0. The predicted molar refractivity (Wildman–Crippen MR) is 92.4 cm³/mol. The molecule has 1 amide bonds. The van der Waals surface area contributed by atoms with E-state index in [1.807, 2.05) is 0 Å².